The summed E-state index contributed by atoms with van der Waals surface area (Å²) in [5.41, 5.74) is 6.15. The highest BCUT2D eigenvalue weighted by Gasteiger charge is 2.41. The molecule has 33 heavy (non-hydrogen) atoms. The van der Waals surface area contributed by atoms with E-state index in [0.717, 1.165) is 50.6 Å². The molecule has 3 rings (SSSR count). The van der Waals surface area contributed by atoms with E-state index >= 15 is 0 Å². The second kappa shape index (κ2) is 13.3. The third-order valence-corrected chi connectivity index (χ3v) is 8.02. The molecule has 1 saturated heterocycles. The van der Waals surface area contributed by atoms with E-state index in [1.807, 2.05) is 35.2 Å². The smallest absolute Gasteiger partial charge is 0.317 e. The zero-order chi connectivity index (χ0) is 23.5. The van der Waals surface area contributed by atoms with Crippen LogP contribution in [-0.4, -0.2) is 41.7 Å². The average molecular weight is 458 g/mol. The van der Waals surface area contributed by atoms with E-state index in [4.69, 9.17) is 5.73 Å². The summed E-state index contributed by atoms with van der Waals surface area (Å²) in [6.45, 7) is 4.06. The van der Waals surface area contributed by atoms with E-state index in [1.165, 1.54) is 44.9 Å². The monoisotopic (exact) mass is 457 g/mol. The fourth-order valence-corrected chi connectivity index (χ4v) is 5.99. The van der Waals surface area contributed by atoms with Gasteiger partial charge in [0, 0.05) is 31.6 Å². The highest BCUT2D eigenvalue weighted by atomic mass is 16.3. The summed E-state index contributed by atoms with van der Waals surface area (Å²) in [6, 6.07) is 10.2. The summed E-state index contributed by atoms with van der Waals surface area (Å²) >= 11 is 0. The van der Waals surface area contributed by atoms with Crippen molar-refractivity contribution in [1.29, 1.82) is 0 Å². The molecule has 1 aliphatic heterocycles. The molecule has 1 aromatic rings. The number of hydrogen-bond acceptors (Lipinski definition) is 3. The van der Waals surface area contributed by atoms with Gasteiger partial charge in [0.05, 0.1) is 5.60 Å². The number of carbonyl (C=O) groups is 1. The van der Waals surface area contributed by atoms with Gasteiger partial charge in [-0.25, -0.2) is 4.79 Å². The number of aliphatic hydroxyl groups is 1. The number of carbonyl (C=O) groups excluding carboxylic acids is 1. The van der Waals surface area contributed by atoms with Crippen molar-refractivity contribution >= 4 is 6.03 Å². The molecule has 1 saturated carbocycles. The third kappa shape index (κ3) is 7.45. The lowest BCUT2D eigenvalue weighted by Crippen LogP contribution is -2.53. The topological polar surface area (TPSA) is 78.6 Å². The number of nitrogens with two attached hydrogens (primary N) is 1. The molecule has 5 heteroatoms. The van der Waals surface area contributed by atoms with E-state index in [-0.39, 0.29) is 18.0 Å². The second-order valence-electron chi connectivity index (χ2n) is 10.5. The van der Waals surface area contributed by atoms with Crippen molar-refractivity contribution in [3.63, 3.8) is 0 Å². The second-order valence-corrected chi connectivity index (χ2v) is 10.5. The quantitative estimate of drug-likeness (QED) is 0.380. The molecule has 2 unspecified atom stereocenters. The number of likely N-dealkylation sites (tertiary alicyclic amines) is 1. The van der Waals surface area contributed by atoms with Crippen LogP contribution in [0.1, 0.15) is 96.0 Å². The van der Waals surface area contributed by atoms with Gasteiger partial charge in [-0.2, -0.15) is 0 Å². The average Bonchev–Trinajstić information content (AvgIpc) is 2.87. The number of unbranched alkanes of at least 4 members (excludes halogenated alkanes) is 3. The van der Waals surface area contributed by atoms with Crippen molar-refractivity contribution in [2.75, 3.05) is 19.6 Å². The van der Waals surface area contributed by atoms with Crippen molar-refractivity contribution in [2.45, 2.75) is 102 Å². The summed E-state index contributed by atoms with van der Waals surface area (Å²) in [4.78, 5) is 15.1. The van der Waals surface area contributed by atoms with E-state index in [2.05, 4.69) is 12.2 Å². The molecule has 1 aliphatic carbocycles. The minimum Gasteiger partial charge on any atom is -0.385 e. The molecule has 1 heterocycles. The van der Waals surface area contributed by atoms with E-state index < -0.39 is 5.60 Å². The van der Waals surface area contributed by atoms with Crippen LogP contribution in [0.4, 0.5) is 4.79 Å². The van der Waals surface area contributed by atoms with Gasteiger partial charge in [-0.3, -0.25) is 0 Å². The molecule has 4 N–H and O–H groups in total. The lowest BCUT2D eigenvalue weighted by Gasteiger charge is -2.43. The maximum Gasteiger partial charge on any atom is 0.317 e. The van der Waals surface area contributed by atoms with Gasteiger partial charge >= 0.3 is 6.03 Å². The zero-order valence-corrected chi connectivity index (χ0v) is 20.8. The maximum absolute atomic E-state index is 13.2. The summed E-state index contributed by atoms with van der Waals surface area (Å²) in [6.07, 6.45) is 14.6. The standard InChI is InChI=1S/C28H47N3O2/c1-2-3-4-11-18-28(33,24-15-9-6-10-16-24)25-17-12-19-31(22-25)27(32)30-26(21-29)20-23-13-7-5-8-14-23/h6,9-10,15-16,23,25-26,33H,2-5,7-8,11-14,17-22,29H2,1H3,(H,30,32)/t25?,26-,28?/m0/s1. The number of nitrogens with one attached hydrogen (secondary N) is 1. The number of nitrogens with zero attached hydrogens (tertiary/aromatic N) is 1. The lowest BCUT2D eigenvalue weighted by atomic mass is 9.74. The molecule has 2 amide bonds. The summed E-state index contributed by atoms with van der Waals surface area (Å²) < 4.78 is 0. The van der Waals surface area contributed by atoms with Crippen molar-refractivity contribution < 1.29 is 9.90 Å². The Morgan fingerprint density at radius 1 is 1.12 bits per heavy atom. The van der Waals surface area contributed by atoms with Gasteiger partial charge < -0.3 is 21.1 Å². The SMILES string of the molecule is CCCCCCC(O)(c1ccccc1)C1CCCN(C(=O)N[C@H](CN)CC2CCCCC2)C1. The molecule has 0 aromatic heterocycles. The minimum absolute atomic E-state index is 0.00708. The molecular formula is C28H47N3O2. The summed E-state index contributed by atoms with van der Waals surface area (Å²) in [5, 5.41) is 15.2. The Hall–Kier alpha value is -1.59. The van der Waals surface area contributed by atoms with Gasteiger partial charge in [-0.05, 0) is 37.2 Å². The number of urea groups is 1. The van der Waals surface area contributed by atoms with Crippen molar-refractivity contribution in [2.24, 2.45) is 17.6 Å². The Morgan fingerprint density at radius 3 is 2.58 bits per heavy atom. The Bertz CT molecular complexity index is 692. The normalized spacial score (nSPS) is 22.5. The molecule has 0 bridgehead atoms. The van der Waals surface area contributed by atoms with Crippen LogP contribution in [0.2, 0.25) is 0 Å². The Labute approximate surface area is 201 Å². The van der Waals surface area contributed by atoms with E-state index in [9.17, 15) is 9.90 Å². The van der Waals surface area contributed by atoms with Crippen LogP contribution in [-0.2, 0) is 5.60 Å². The molecule has 0 spiro atoms. The molecule has 0 radical (unpaired) electrons. The number of piperidine rings is 1. The number of amides is 2. The van der Waals surface area contributed by atoms with E-state index in [0.29, 0.717) is 19.0 Å². The highest BCUT2D eigenvalue weighted by molar-refractivity contribution is 5.74. The van der Waals surface area contributed by atoms with Crippen LogP contribution in [0, 0.1) is 11.8 Å². The Morgan fingerprint density at radius 2 is 1.88 bits per heavy atom. The molecule has 2 aliphatic rings. The number of hydrogen-bond donors (Lipinski definition) is 3. The Kier molecular flexibility index (Phi) is 10.5. The van der Waals surface area contributed by atoms with Crippen molar-refractivity contribution in [3.05, 3.63) is 35.9 Å². The van der Waals surface area contributed by atoms with Crippen LogP contribution in [0.25, 0.3) is 0 Å². The number of benzene rings is 1. The van der Waals surface area contributed by atoms with Gasteiger partial charge in [0.1, 0.15) is 0 Å². The highest BCUT2D eigenvalue weighted by Crippen LogP contribution is 2.40. The fourth-order valence-electron chi connectivity index (χ4n) is 5.99. The van der Waals surface area contributed by atoms with Gasteiger partial charge in [0.15, 0.2) is 0 Å². The van der Waals surface area contributed by atoms with Crippen molar-refractivity contribution in [3.8, 4) is 0 Å². The van der Waals surface area contributed by atoms with Gasteiger partial charge in [0.25, 0.3) is 0 Å². The largest absolute Gasteiger partial charge is 0.385 e. The van der Waals surface area contributed by atoms with Crippen LogP contribution >= 0.6 is 0 Å². The molecule has 2 fully saturated rings. The first-order valence-corrected chi connectivity index (χ1v) is 13.6. The third-order valence-electron chi connectivity index (χ3n) is 8.02. The molecule has 186 valence electrons. The Balaban J connectivity index is 1.63. The molecule has 5 nitrogen and oxygen atoms in total. The predicted octanol–water partition coefficient (Wildman–Crippen LogP) is 5.56. The van der Waals surface area contributed by atoms with Gasteiger partial charge in [0.2, 0.25) is 0 Å². The van der Waals surface area contributed by atoms with Crippen LogP contribution in [0.3, 0.4) is 0 Å². The molecule has 1 aromatic carbocycles. The summed E-state index contributed by atoms with van der Waals surface area (Å²) in [5.74, 6) is 0.740. The fraction of sp³-hybridized carbons (Fsp3) is 0.750. The first-order valence-electron chi connectivity index (χ1n) is 13.6. The molecule has 3 atom stereocenters. The maximum atomic E-state index is 13.2. The first-order chi connectivity index (χ1) is 16.1. The predicted molar refractivity (Wildman–Crippen MR) is 136 cm³/mol. The first kappa shape index (κ1) is 26.0. The van der Waals surface area contributed by atoms with E-state index in [1.54, 1.807) is 0 Å². The zero-order valence-electron chi connectivity index (χ0n) is 20.8. The van der Waals surface area contributed by atoms with Crippen LogP contribution < -0.4 is 11.1 Å². The lowest BCUT2D eigenvalue weighted by molar-refractivity contribution is -0.0557. The van der Waals surface area contributed by atoms with Crippen LogP contribution in [0.5, 0.6) is 0 Å². The summed E-state index contributed by atoms with van der Waals surface area (Å²) in [7, 11) is 0. The van der Waals surface area contributed by atoms with Crippen LogP contribution in [0.15, 0.2) is 30.3 Å². The van der Waals surface area contributed by atoms with Gasteiger partial charge in [-0.1, -0.05) is 95.0 Å². The van der Waals surface area contributed by atoms with Crippen molar-refractivity contribution in [1.82, 2.24) is 10.2 Å². The minimum atomic E-state index is -0.886. The molecular weight excluding hydrogens is 410 g/mol. The number of rotatable bonds is 11. The van der Waals surface area contributed by atoms with Gasteiger partial charge in [-0.15, -0.1) is 0 Å².